The third kappa shape index (κ3) is 5.02. The lowest BCUT2D eigenvalue weighted by Gasteiger charge is -2.39. The molecule has 1 aliphatic carbocycles. The van der Waals surface area contributed by atoms with E-state index >= 15 is 0 Å². The molecule has 1 fully saturated rings. The maximum absolute atomic E-state index is 12.9. The van der Waals surface area contributed by atoms with Crippen LogP contribution in [0.25, 0.3) is 0 Å². The summed E-state index contributed by atoms with van der Waals surface area (Å²) < 4.78 is 25.2. The zero-order chi connectivity index (χ0) is 19.7. The molecule has 27 heavy (non-hydrogen) atoms. The molecule has 2 atom stereocenters. The van der Waals surface area contributed by atoms with Crippen LogP contribution in [0.2, 0.25) is 0 Å². The number of amides is 2. The third-order valence-electron chi connectivity index (χ3n) is 5.86. The van der Waals surface area contributed by atoms with Gasteiger partial charge in [-0.2, -0.15) is 0 Å². The number of fused-ring (bicyclic) bond motifs is 1. The van der Waals surface area contributed by atoms with Gasteiger partial charge < -0.3 is 10.2 Å². The van der Waals surface area contributed by atoms with Crippen LogP contribution in [0.15, 0.2) is 24.3 Å². The SMILES string of the molecule is CC1(C)CCC(NC(=O)N2CCCC(CNS(C)(=O)=O)C2)c2ccccc21. The summed E-state index contributed by atoms with van der Waals surface area (Å²) in [5, 5.41) is 3.22. The highest BCUT2D eigenvalue weighted by molar-refractivity contribution is 7.88. The summed E-state index contributed by atoms with van der Waals surface area (Å²) in [7, 11) is -3.20. The number of urea groups is 1. The summed E-state index contributed by atoms with van der Waals surface area (Å²) in [6.45, 7) is 6.22. The van der Waals surface area contributed by atoms with E-state index in [2.05, 4.69) is 42.1 Å². The predicted octanol–water partition coefficient (Wildman–Crippen LogP) is 2.77. The van der Waals surface area contributed by atoms with E-state index in [0.29, 0.717) is 13.1 Å². The van der Waals surface area contributed by atoms with Crippen LogP contribution < -0.4 is 10.0 Å². The van der Waals surface area contributed by atoms with Crippen LogP contribution in [0.1, 0.15) is 56.7 Å². The Bertz CT molecular complexity index is 791. The number of carbonyl (C=O) groups excluding carboxylic acids is 1. The van der Waals surface area contributed by atoms with Crippen molar-refractivity contribution in [1.29, 1.82) is 0 Å². The van der Waals surface area contributed by atoms with Crippen LogP contribution >= 0.6 is 0 Å². The van der Waals surface area contributed by atoms with Crippen molar-refractivity contribution >= 4 is 16.1 Å². The van der Waals surface area contributed by atoms with Gasteiger partial charge >= 0.3 is 6.03 Å². The maximum atomic E-state index is 12.9. The molecule has 0 aromatic heterocycles. The Labute approximate surface area is 162 Å². The van der Waals surface area contributed by atoms with Crippen molar-refractivity contribution in [3.05, 3.63) is 35.4 Å². The van der Waals surface area contributed by atoms with E-state index < -0.39 is 10.0 Å². The van der Waals surface area contributed by atoms with Gasteiger partial charge in [-0.1, -0.05) is 38.1 Å². The first-order valence-corrected chi connectivity index (χ1v) is 11.6. The van der Waals surface area contributed by atoms with Gasteiger partial charge in [0.2, 0.25) is 10.0 Å². The average molecular weight is 394 g/mol. The Morgan fingerprint density at radius 3 is 2.74 bits per heavy atom. The van der Waals surface area contributed by atoms with Gasteiger partial charge in [-0.15, -0.1) is 0 Å². The van der Waals surface area contributed by atoms with E-state index in [0.717, 1.165) is 32.2 Å². The lowest BCUT2D eigenvalue weighted by Crippen LogP contribution is -2.49. The molecule has 0 spiro atoms. The first kappa shape index (κ1) is 20.1. The molecule has 0 saturated carbocycles. The fourth-order valence-corrected chi connectivity index (χ4v) is 4.83. The second-order valence-electron chi connectivity index (χ2n) is 8.59. The number of likely N-dealkylation sites (tertiary alicyclic amines) is 1. The molecule has 0 radical (unpaired) electrons. The second-order valence-corrected chi connectivity index (χ2v) is 10.4. The van der Waals surface area contributed by atoms with E-state index in [9.17, 15) is 13.2 Å². The largest absolute Gasteiger partial charge is 0.331 e. The van der Waals surface area contributed by atoms with Gasteiger partial charge in [0.25, 0.3) is 0 Å². The molecule has 150 valence electrons. The normalized spacial score (nSPS) is 24.9. The molecule has 6 nitrogen and oxygen atoms in total. The van der Waals surface area contributed by atoms with Gasteiger partial charge in [0.15, 0.2) is 0 Å². The Hall–Kier alpha value is -1.60. The molecule has 1 aromatic carbocycles. The molecule has 1 heterocycles. The van der Waals surface area contributed by atoms with Gasteiger partial charge in [-0.3, -0.25) is 0 Å². The topological polar surface area (TPSA) is 78.5 Å². The number of nitrogens with one attached hydrogen (secondary N) is 2. The molecule has 1 saturated heterocycles. The molecule has 1 aliphatic heterocycles. The van der Waals surface area contributed by atoms with Crippen molar-refractivity contribution in [3.8, 4) is 0 Å². The fraction of sp³-hybridized carbons (Fsp3) is 0.650. The Kier molecular flexibility index (Phi) is 5.82. The number of hydrogen-bond acceptors (Lipinski definition) is 3. The lowest BCUT2D eigenvalue weighted by molar-refractivity contribution is 0.161. The summed E-state index contributed by atoms with van der Waals surface area (Å²) in [5.74, 6) is 0.164. The molecular weight excluding hydrogens is 362 g/mol. The van der Waals surface area contributed by atoms with Gasteiger partial charge in [-0.25, -0.2) is 17.9 Å². The molecule has 1 aromatic rings. The van der Waals surface area contributed by atoms with Crippen molar-refractivity contribution < 1.29 is 13.2 Å². The zero-order valence-corrected chi connectivity index (χ0v) is 17.3. The lowest BCUT2D eigenvalue weighted by atomic mass is 9.71. The first-order valence-electron chi connectivity index (χ1n) is 9.75. The number of piperidine rings is 1. The van der Waals surface area contributed by atoms with E-state index in [1.165, 1.54) is 17.4 Å². The van der Waals surface area contributed by atoms with Crippen molar-refractivity contribution in [3.63, 3.8) is 0 Å². The number of carbonyl (C=O) groups is 1. The van der Waals surface area contributed by atoms with E-state index in [4.69, 9.17) is 0 Å². The molecular formula is C20H31N3O3S. The van der Waals surface area contributed by atoms with Gasteiger partial charge in [0.1, 0.15) is 0 Å². The minimum Gasteiger partial charge on any atom is -0.331 e. The Balaban J connectivity index is 1.63. The number of benzene rings is 1. The van der Waals surface area contributed by atoms with Gasteiger partial charge in [-0.05, 0) is 48.1 Å². The summed E-state index contributed by atoms with van der Waals surface area (Å²) >= 11 is 0. The standard InChI is InChI=1S/C20H31N3O3S/c1-20(2)11-10-18(16-8-4-5-9-17(16)20)22-19(24)23-12-6-7-15(14-23)13-21-27(3,25)26/h4-5,8-9,15,18,21H,6-7,10-14H2,1-3H3,(H,22,24). The number of rotatable bonds is 4. The predicted molar refractivity (Wildman–Crippen MR) is 107 cm³/mol. The van der Waals surface area contributed by atoms with E-state index in [1.807, 2.05) is 11.0 Å². The van der Waals surface area contributed by atoms with Crippen LogP contribution in [-0.4, -0.2) is 45.2 Å². The number of nitrogens with zero attached hydrogens (tertiary/aromatic N) is 1. The van der Waals surface area contributed by atoms with Crippen LogP contribution in [-0.2, 0) is 15.4 Å². The van der Waals surface area contributed by atoms with Crippen molar-refractivity contribution in [2.75, 3.05) is 25.9 Å². The summed E-state index contributed by atoms with van der Waals surface area (Å²) in [6.07, 6.45) is 4.98. The quantitative estimate of drug-likeness (QED) is 0.826. The molecule has 2 amide bonds. The molecule has 3 rings (SSSR count). The highest BCUT2D eigenvalue weighted by atomic mass is 32.2. The van der Waals surface area contributed by atoms with E-state index in [1.54, 1.807) is 0 Å². The molecule has 2 N–H and O–H groups in total. The van der Waals surface area contributed by atoms with Crippen LogP contribution in [0.4, 0.5) is 4.79 Å². The molecule has 7 heteroatoms. The van der Waals surface area contributed by atoms with Gasteiger partial charge in [0, 0.05) is 19.6 Å². The number of sulfonamides is 1. The highest BCUT2D eigenvalue weighted by Gasteiger charge is 2.34. The highest BCUT2D eigenvalue weighted by Crippen LogP contribution is 2.41. The van der Waals surface area contributed by atoms with Crippen LogP contribution in [0.3, 0.4) is 0 Å². The molecule has 2 aliphatic rings. The average Bonchev–Trinajstić information content (AvgIpc) is 2.62. The molecule has 2 unspecified atom stereocenters. The minimum atomic E-state index is -3.20. The van der Waals surface area contributed by atoms with Crippen LogP contribution in [0, 0.1) is 5.92 Å². The smallest absolute Gasteiger partial charge is 0.317 e. The summed E-state index contributed by atoms with van der Waals surface area (Å²) in [6, 6.07) is 8.38. The fourth-order valence-electron chi connectivity index (χ4n) is 4.29. The Morgan fingerprint density at radius 1 is 1.26 bits per heavy atom. The first-order chi connectivity index (χ1) is 12.7. The van der Waals surface area contributed by atoms with E-state index in [-0.39, 0.29) is 23.4 Å². The van der Waals surface area contributed by atoms with Gasteiger partial charge in [0.05, 0.1) is 12.3 Å². The third-order valence-corrected chi connectivity index (χ3v) is 6.55. The molecule has 0 bridgehead atoms. The number of hydrogen-bond donors (Lipinski definition) is 2. The zero-order valence-electron chi connectivity index (χ0n) is 16.5. The summed E-state index contributed by atoms with van der Waals surface area (Å²) in [5.41, 5.74) is 2.66. The van der Waals surface area contributed by atoms with Crippen molar-refractivity contribution in [1.82, 2.24) is 14.9 Å². The van der Waals surface area contributed by atoms with Crippen molar-refractivity contribution in [2.24, 2.45) is 5.92 Å². The van der Waals surface area contributed by atoms with Crippen molar-refractivity contribution in [2.45, 2.75) is 51.0 Å². The Morgan fingerprint density at radius 2 is 2.00 bits per heavy atom. The maximum Gasteiger partial charge on any atom is 0.317 e. The monoisotopic (exact) mass is 393 g/mol. The summed E-state index contributed by atoms with van der Waals surface area (Å²) in [4.78, 5) is 14.7. The minimum absolute atomic E-state index is 0.0382. The second kappa shape index (κ2) is 7.80. The van der Waals surface area contributed by atoms with Crippen LogP contribution in [0.5, 0.6) is 0 Å².